The molecule has 27 heavy (non-hydrogen) atoms. The topological polar surface area (TPSA) is 73.9 Å². The fourth-order valence-corrected chi connectivity index (χ4v) is 4.27. The third-order valence-electron chi connectivity index (χ3n) is 5.61. The average molecular weight is 372 g/mol. The number of hydrogen-bond acceptors (Lipinski definition) is 5. The zero-order valence-electron chi connectivity index (χ0n) is 15.7. The number of rotatable bonds is 5. The third-order valence-corrected chi connectivity index (χ3v) is 5.61. The van der Waals surface area contributed by atoms with Gasteiger partial charge in [-0.25, -0.2) is 5.01 Å². The minimum absolute atomic E-state index is 0.0455. The number of ether oxygens (including phenoxy) is 1. The highest BCUT2D eigenvalue weighted by molar-refractivity contribution is 5.84. The smallest absolute Gasteiger partial charge is 0.234 e. The van der Waals surface area contributed by atoms with Crippen LogP contribution >= 0.6 is 0 Å². The molecule has 0 aromatic heterocycles. The summed E-state index contributed by atoms with van der Waals surface area (Å²) in [5.74, 6) is -0.169. The molecular weight excluding hydrogens is 344 g/mol. The first-order chi connectivity index (χ1) is 13.2. The van der Waals surface area contributed by atoms with Crippen LogP contribution in [0.1, 0.15) is 42.9 Å². The number of anilines is 1. The number of nitrogens with one attached hydrogen (secondary N) is 2. The number of nitrogens with zero attached hydrogens (tertiary/aromatic N) is 2. The number of amides is 2. The summed E-state index contributed by atoms with van der Waals surface area (Å²) >= 11 is 0. The summed E-state index contributed by atoms with van der Waals surface area (Å²) < 4.78 is 5.26. The maximum Gasteiger partial charge on any atom is 0.234 e. The average Bonchev–Trinajstić information content (AvgIpc) is 2.70. The lowest BCUT2D eigenvalue weighted by atomic mass is 9.89. The van der Waals surface area contributed by atoms with Gasteiger partial charge in [0.25, 0.3) is 0 Å². The van der Waals surface area contributed by atoms with E-state index in [4.69, 9.17) is 4.74 Å². The summed E-state index contributed by atoms with van der Waals surface area (Å²) in [4.78, 5) is 26.9. The van der Waals surface area contributed by atoms with Gasteiger partial charge < -0.3 is 15.0 Å². The molecule has 0 bridgehead atoms. The van der Waals surface area contributed by atoms with Gasteiger partial charge in [-0.05, 0) is 30.4 Å². The van der Waals surface area contributed by atoms with Crippen LogP contribution in [0.2, 0.25) is 0 Å². The predicted octanol–water partition coefficient (Wildman–Crippen LogP) is 1.14. The van der Waals surface area contributed by atoms with Crippen molar-refractivity contribution in [3.05, 3.63) is 29.3 Å². The van der Waals surface area contributed by atoms with E-state index in [1.54, 1.807) is 0 Å². The Bertz CT molecular complexity index is 702. The Morgan fingerprint density at radius 2 is 1.89 bits per heavy atom. The second-order valence-electron chi connectivity index (χ2n) is 7.49. The molecule has 3 aliphatic rings. The molecule has 1 saturated heterocycles. The SMILES string of the molecule is O=C(CCC(=O)NN1CCOCC1)NC1CCN2CCCc3cccc1c32. The van der Waals surface area contributed by atoms with Crippen molar-refractivity contribution in [2.45, 2.75) is 38.1 Å². The minimum Gasteiger partial charge on any atom is -0.379 e. The summed E-state index contributed by atoms with van der Waals surface area (Å²) in [6.45, 7) is 4.71. The first-order valence-corrected chi connectivity index (χ1v) is 9.99. The molecule has 0 radical (unpaired) electrons. The first-order valence-electron chi connectivity index (χ1n) is 9.99. The zero-order valence-corrected chi connectivity index (χ0v) is 15.7. The van der Waals surface area contributed by atoms with Gasteiger partial charge in [0.2, 0.25) is 11.8 Å². The predicted molar refractivity (Wildman–Crippen MR) is 102 cm³/mol. The van der Waals surface area contributed by atoms with Crippen LogP contribution in [-0.4, -0.2) is 56.2 Å². The van der Waals surface area contributed by atoms with Gasteiger partial charge in [0.1, 0.15) is 0 Å². The molecular formula is C20H28N4O3. The Hall–Kier alpha value is -2.12. The molecule has 146 valence electrons. The summed E-state index contributed by atoms with van der Waals surface area (Å²) in [5.41, 5.74) is 6.79. The van der Waals surface area contributed by atoms with Crippen molar-refractivity contribution in [1.29, 1.82) is 0 Å². The van der Waals surface area contributed by atoms with Crippen LogP contribution in [0.5, 0.6) is 0 Å². The molecule has 1 aromatic rings. The number of para-hydroxylation sites is 1. The van der Waals surface area contributed by atoms with Gasteiger partial charge >= 0.3 is 0 Å². The number of morpholine rings is 1. The van der Waals surface area contributed by atoms with Gasteiger partial charge in [-0.3, -0.25) is 15.0 Å². The number of hydrazine groups is 1. The molecule has 1 unspecified atom stereocenters. The highest BCUT2D eigenvalue weighted by Gasteiger charge is 2.29. The van der Waals surface area contributed by atoms with Gasteiger partial charge in [0, 0.05) is 44.7 Å². The van der Waals surface area contributed by atoms with E-state index in [0.717, 1.165) is 25.9 Å². The molecule has 3 aliphatic heterocycles. The maximum absolute atomic E-state index is 12.4. The van der Waals surface area contributed by atoms with Crippen LogP contribution in [0.3, 0.4) is 0 Å². The number of hydrogen-bond donors (Lipinski definition) is 2. The highest BCUT2D eigenvalue weighted by atomic mass is 16.5. The molecule has 2 N–H and O–H groups in total. The van der Waals surface area contributed by atoms with Gasteiger partial charge in [-0.2, -0.15) is 0 Å². The molecule has 7 heteroatoms. The number of aryl methyl sites for hydroxylation is 1. The van der Waals surface area contributed by atoms with Gasteiger partial charge in [0.15, 0.2) is 0 Å². The van der Waals surface area contributed by atoms with Gasteiger partial charge in [0.05, 0.1) is 19.3 Å². The number of carbonyl (C=O) groups is 2. The van der Waals surface area contributed by atoms with Crippen molar-refractivity contribution in [2.24, 2.45) is 0 Å². The van der Waals surface area contributed by atoms with Crippen LogP contribution in [0, 0.1) is 0 Å². The van der Waals surface area contributed by atoms with E-state index < -0.39 is 0 Å². The van der Waals surface area contributed by atoms with Crippen molar-refractivity contribution in [2.75, 3.05) is 44.3 Å². The van der Waals surface area contributed by atoms with Crippen LogP contribution in [-0.2, 0) is 20.7 Å². The quantitative estimate of drug-likeness (QED) is 0.811. The van der Waals surface area contributed by atoms with Crippen LogP contribution in [0.15, 0.2) is 18.2 Å². The number of benzene rings is 1. The Morgan fingerprint density at radius 1 is 1.07 bits per heavy atom. The van der Waals surface area contributed by atoms with Crippen molar-refractivity contribution >= 4 is 17.5 Å². The third kappa shape index (κ3) is 4.25. The van der Waals surface area contributed by atoms with E-state index in [9.17, 15) is 9.59 Å². The maximum atomic E-state index is 12.4. The molecule has 7 nitrogen and oxygen atoms in total. The van der Waals surface area contributed by atoms with Crippen molar-refractivity contribution in [1.82, 2.24) is 15.8 Å². The van der Waals surface area contributed by atoms with Crippen molar-refractivity contribution < 1.29 is 14.3 Å². The van der Waals surface area contributed by atoms with Crippen LogP contribution < -0.4 is 15.6 Å². The Labute approximate surface area is 160 Å². The lowest BCUT2D eigenvalue weighted by Crippen LogP contribution is -2.48. The van der Waals surface area contributed by atoms with E-state index in [-0.39, 0.29) is 30.7 Å². The van der Waals surface area contributed by atoms with Crippen LogP contribution in [0.25, 0.3) is 0 Å². The molecule has 1 fully saturated rings. The second-order valence-corrected chi connectivity index (χ2v) is 7.49. The first kappa shape index (κ1) is 18.3. The van der Waals surface area contributed by atoms with E-state index in [1.165, 1.54) is 23.2 Å². The van der Waals surface area contributed by atoms with Gasteiger partial charge in [-0.1, -0.05) is 18.2 Å². The van der Waals surface area contributed by atoms with E-state index in [0.29, 0.717) is 26.3 Å². The summed E-state index contributed by atoms with van der Waals surface area (Å²) in [6.07, 6.45) is 3.65. The highest BCUT2D eigenvalue weighted by Crippen LogP contribution is 2.39. The molecule has 4 rings (SSSR count). The standard InChI is InChI=1S/C20H28N4O3/c25-18(6-7-19(26)22-24-11-13-27-14-12-24)21-17-8-10-23-9-2-4-15-3-1-5-16(17)20(15)23/h1,3,5,17H,2,4,6-14H2,(H,21,25)(H,22,26). The molecule has 1 aromatic carbocycles. The molecule has 2 amide bonds. The minimum atomic E-state index is -0.112. The summed E-state index contributed by atoms with van der Waals surface area (Å²) in [7, 11) is 0. The molecule has 3 heterocycles. The van der Waals surface area contributed by atoms with E-state index >= 15 is 0 Å². The number of carbonyl (C=O) groups excluding carboxylic acids is 2. The largest absolute Gasteiger partial charge is 0.379 e. The Kier molecular flexibility index (Phi) is 5.59. The lowest BCUT2D eigenvalue weighted by Gasteiger charge is -2.40. The van der Waals surface area contributed by atoms with Gasteiger partial charge in [-0.15, -0.1) is 0 Å². The normalized spacial score (nSPS) is 22.1. The van der Waals surface area contributed by atoms with Crippen molar-refractivity contribution in [3.63, 3.8) is 0 Å². The fourth-order valence-electron chi connectivity index (χ4n) is 4.27. The summed E-state index contributed by atoms with van der Waals surface area (Å²) in [5, 5.41) is 5.01. The molecule has 1 atom stereocenters. The summed E-state index contributed by atoms with van der Waals surface area (Å²) in [6, 6.07) is 6.47. The second kappa shape index (κ2) is 8.27. The Balaban J connectivity index is 1.30. The monoisotopic (exact) mass is 372 g/mol. The van der Waals surface area contributed by atoms with Crippen LogP contribution in [0.4, 0.5) is 5.69 Å². The molecule has 0 spiro atoms. The van der Waals surface area contributed by atoms with E-state index in [2.05, 4.69) is 33.8 Å². The Morgan fingerprint density at radius 3 is 2.74 bits per heavy atom. The van der Waals surface area contributed by atoms with E-state index in [1.807, 2.05) is 5.01 Å². The molecule has 0 aliphatic carbocycles. The molecule has 0 saturated carbocycles. The fraction of sp³-hybridized carbons (Fsp3) is 0.600. The lowest BCUT2D eigenvalue weighted by molar-refractivity contribution is -0.131. The van der Waals surface area contributed by atoms with Crippen molar-refractivity contribution in [3.8, 4) is 0 Å². The zero-order chi connectivity index (χ0) is 18.6.